The molecular weight excluding hydrogens is 400 g/mol. The second-order valence-electron chi connectivity index (χ2n) is 8.31. The summed E-state index contributed by atoms with van der Waals surface area (Å²) in [7, 11) is 3.15. The van der Waals surface area contributed by atoms with Crippen LogP contribution < -0.4 is 0 Å². The summed E-state index contributed by atoms with van der Waals surface area (Å²) < 4.78 is 28.9. The topological polar surface area (TPSA) is 80.3 Å². The van der Waals surface area contributed by atoms with Crippen LogP contribution in [-0.4, -0.2) is 68.0 Å². The molecule has 0 aromatic heterocycles. The van der Waals surface area contributed by atoms with Crippen LogP contribution in [0.15, 0.2) is 11.3 Å². The van der Waals surface area contributed by atoms with E-state index in [-0.39, 0.29) is 29.9 Å². The van der Waals surface area contributed by atoms with Crippen molar-refractivity contribution in [3.8, 4) is 0 Å². The van der Waals surface area contributed by atoms with Crippen LogP contribution >= 0.6 is 11.6 Å². The van der Waals surface area contributed by atoms with Gasteiger partial charge in [-0.1, -0.05) is 6.92 Å². The van der Waals surface area contributed by atoms with Crippen molar-refractivity contribution in [3.63, 3.8) is 0 Å². The lowest BCUT2D eigenvalue weighted by Gasteiger charge is -2.41. The number of hydrogen-bond acceptors (Lipinski definition) is 7. The fraction of sp³-hybridized carbons (Fsp3) is 0.810. The number of allylic oxidation sites excluding steroid dienone is 1. The zero-order valence-corrected chi connectivity index (χ0v) is 18.1. The highest BCUT2D eigenvalue weighted by molar-refractivity contribution is 6.24. The molecule has 1 spiro atoms. The van der Waals surface area contributed by atoms with Crippen molar-refractivity contribution >= 4 is 23.2 Å². The smallest absolute Gasteiger partial charge is 0.201 e. The first-order chi connectivity index (χ1) is 13.9. The molecule has 0 bridgehead atoms. The van der Waals surface area contributed by atoms with E-state index in [0.717, 1.165) is 0 Å². The molecule has 2 aliphatic carbocycles. The zero-order valence-electron chi connectivity index (χ0n) is 17.3. The molecule has 4 rings (SSSR count). The summed E-state index contributed by atoms with van der Waals surface area (Å²) in [6.45, 7) is 4.32. The molecule has 7 nitrogen and oxygen atoms in total. The minimum absolute atomic E-state index is 0.217. The van der Waals surface area contributed by atoms with Gasteiger partial charge in [-0.2, -0.15) is 0 Å². The maximum atomic E-state index is 13.7. The maximum Gasteiger partial charge on any atom is 0.201 e. The van der Waals surface area contributed by atoms with Crippen molar-refractivity contribution in [3.05, 3.63) is 11.3 Å². The van der Waals surface area contributed by atoms with Crippen LogP contribution in [0.1, 0.15) is 39.5 Å². The number of methoxy groups -OCH3 is 2. The number of ether oxygens (including phenoxy) is 5. The van der Waals surface area contributed by atoms with Gasteiger partial charge in [-0.05, 0) is 13.3 Å². The van der Waals surface area contributed by atoms with Gasteiger partial charge in [0.05, 0.1) is 29.6 Å². The van der Waals surface area contributed by atoms with Crippen molar-refractivity contribution < 1.29 is 33.3 Å². The molecule has 0 N–H and O–H groups in total. The molecule has 29 heavy (non-hydrogen) atoms. The standard InChI is InChI=1S/C21H29ClO7/c1-5-27-15-7-6-11-12(28-15)8-10(2)21(19(11)23)20(24)16-13(25-3)9-14(26-4)17(22)18(16)29-21/h10,13-18H,5-9H2,1-4H3/t10-,13?,14?,15?,16?,17?,18?,21+/m1/s1. The van der Waals surface area contributed by atoms with Crippen LogP contribution in [0.3, 0.4) is 0 Å². The molecule has 4 aliphatic rings. The number of Topliss-reactive ketones (excluding diaryl/α,β-unsaturated/α-hetero) is 2. The van der Waals surface area contributed by atoms with Gasteiger partial charge in [0.25, 0.3) is 0 Å². The van der Waals surface area contributed by atoms with Gasteiger partial charge in [0.15, 0.2) is 17.7 Å². The third-order valence-electron chi connectivity index (χ3n) is 6.87. The molecule has 8 heteroatoms. The Bertz CT molecular complexity index is 722. The van der Waals surface area contributed by atoms with Crippen molar-refractivity contribution in [2.75, 3.05) is 20.8 Å². The van der Waals surface area contributed by atoms with E-state index in [1.807, 2.05) is 13.8 Å². The Morgan fingerprint density at radius 1 is 1.21 bits per heavy atom. The predicted octanol–water partition coefficient (Wildman–Crippen LogP) is 2.39. The molecule has 0 aromatic carbocycles. The molecule has 2 aliphatic heterocycles. The third kappa shape index (κ3) is 3.08. The first kappa shape index (κ1) is 21.2. The Balaban J connectivity index is 1.68. The quantitative estimate of drug-likeness (QED) is 0.502. The third-order valence-corrected chi connectivity index (χ3v) is 7.40. The number of fused-ring (bicyclic) bond motifs is 1. The zero-order chi connectivity index (χ0) is 20.9. The van der Waals surface area contributed by atoms with Gasteiger partial charge >= 0.3 is 0 Å². The Morgan fingerprint density at radius 2 is 1.93 bits per heavy atom. The molecule has 0 radical (unpaired) electrons. The lowest BCUT2D eigenvalue weighted by molar-refractivity contribution is -0.167. The number of rotatable bonds is 4. The normalized spacial score (nSPS) is 44.7. The van der Waals surface area contributed by atoms with Crippen LogP contribution in [0.25, 0.3) is 0 Å². The second-order valence-corrected chi connectivity index (χ2v) is 8.82. The van der Waals surface area contributed by atoms with Gasteiger partial charge in [-0.3, -0.25) is 9.59 Å². The minimum Gasteiger partial charge on any atom is -0.469 e. The van der Waals surface area contributed by atoms with E-state index in [4.69, 9.17) is 35.3 Å². The highest BCUT2D eigenvalue weighted by Gasteiger charge is 2.68. The molecule has 2 fully saturated rings. The summed E-state index contributed by atoms with van der Waals surface area (Å²) in [5, 5.41) is -0.528. The summed E-state index contributed by atoms with van der Waals surface area (Å²) in [6, 6.07) is 0. The van der Waals surface area contributed by atoms with E-state index in [0.29, 0.717) is 43.6 Å². The highest BCUT2D eigenvalue weighted by Crippen LogP contribution is 2.52. The number of carbonyl (C=O) groups excluding carboxylic acids is 2. The van der Waals surface area contributed by atoms with Crippen molar-refractivity contribution in [2.24, 2.45) is 11.8 Å². The molecule has 2 heterocycles. The number of alkyl halides is 1. The van der Waals surface area contributed by atoms with Crippen molar-refractivity contribution in [1.29, 1.82) is 0 Å². The average molecular weight is 429 g/mol. The van der Waals surface area contributed by atoms with Gasteiger partial charge in [-0.25, -0.2) is 0 Å². The lowest BCUT2D eigenvalue weighted by Crippen LogP contribution is -2.55. The SMILES string of the molecule is CCOC1CCC2=C(C[C@@H](C)[C@]3(OC4C(Cl)C(OC)CC(OC)C4C3=O)C2=O)O1. The Kier molecular flexibility index (Phi) is 5.81. The monoisotopic (exact) mass is 428 g/mol. The number of ketones is 2. The lowest BCUT2D eigenvalue weighted by atomic mass is 9.68. The molecule has 1 saturated heterocycles. The molecular formula is C21H29ClO7. The highest BCUT2D eigenvalue weighted by atomic mass is 35.5. The molecule has 162 valence electrons. The van der Waals surface area contributed by atoms with Gasteiger partial charge in [-0.15, -0.1) is 11.6 Å². The summed E-state index contributed by atoms with van der Waals surface area (Å²) >= 11 is 6.64. The Hall–Kier alpha value is -0.990. The fourth-order valence-electron chi connectivity index (χ4n) is 5.37. The van der Waals surface area contributed by atoms with E-state index in [2.05, 4.69) is 0 Å². The number of halogens is 1. The van der Waals surface area contributed by atoms with E-state index >= 15 is 0 Å². The average Bonchev–Trinajstić information content (AvgIpc) is 3.02. The summed E-state index contributed by atoms with van der Waals surface area (Å²) in [4.78, 5) is 27.3. The van der Waals surface area contributed by atoms with E-state index in [1.54, 1.807) is 14.2 Å². The molecule has 0 aromatic rings. The summed E-state index contributed by atoms with van der Waals surface area (Å²) in [6.07, 6.45) is 0.362. The second kappa shape index (κ2) is 7.93. The van der Waals surface area contributed by atoms with E-state index < -0.39 is 29.1 Å². The first-order valence-corrected chi connectivity index (χ1v) is 10.8. The molecule has 0 amide bonds. The van der Waals surface area contributed by atoms with E-state index in [9.17, 15) is 9.59 Å². The van der Waals surface area contributed by atoms with E-state index in [1.165, 1.54) is 0 Å². The number of hydrogen-bond donors (Lipinski definition) is 0. The largest absolute Gasteiger partial charge is 0.469 e. The van der Waals surface area contributed by atoms with Gasteiger partial charge < -0.3 is 23.7 Å². The minimum atomic E-state index is -1.53. The van der Waals surface area contributed by atoms with Gasteiger partial charge in [0.1, 0.15) is 5.76 Å². The van der Waals surface area contributed by atoms with Crippen LogP contribution in [-0.2, 0) is 33.3 Å². The van der Waals surface area contributed by atoms with Crippen LogP contribution in [0.5, 0.6) is 0 Å². The van der Waals surface area contributed by atoms with Crippen molar-refractivity contribution in [2.45, 2.75) is 75.1 Å². The molecule has 1 saturated carbocycles. The molecule has 6 unspecified atom stereocenters. The summed E-state index contributed by atoms with van der Waals surface area (Å²) in [5.41, 5.74) is -0.975. The van der Waals surface area contributed by atoms with Gasteiger partial charge in [0, 0.05) is 51.6 Å². The molecule has 8 atom stereocenters. The predicted molar refractivity (Wildman–Crippen MR) is 104 cm³/mol. The van der Waals surface area contributed by atoms with Crippen molar-refractivity contribution in [1.82, 2.24) is 0 Å². The number of carbonyl (C=O) groups is 2. The Labute approximate surface area is 176 Å². The Morgan fingerprint density at radius 3 is 2.59 bits per heavy atom. The van der Waals surface area contributed by atoms with Crippen LogP contribution in [0.2, 0.25) is 0 Å². The summed E-state index contributed by atoms with van der Waals surface area (Å²) in [5.74, 6) is -0.818. The first-order valence-electron chi connectivity index (χ1n) is 10.4. The van der Waals surface area contributed by atoms with Gasteiger partial charge in [0.2, 0.25) is 5.78 Å². The van der Waals surface area contributed by atoms with Crippen LogP contribution in [0.4, 0.5) is 0 Å². The fourth-order valence-corrected chi connectivity index (χ4v) is 5.79. The maximum absolute atomic E-state index is 13.7. The van der Waals surface area contributed by atoms with Crippen LogP contribution in [0, 0.1) is 11.8 Å².